The molecule has 0 saturated heterocycles. The van der Waals surface area contributed by atoms with Crippen LogP contribution in [0.3, 0.4) is 0 Å². The molecule has 1 aliphatic rings. The van der Waals surface area contributed by atoms with Crippen molar-refractivity contribution < 1.29 is 0 Å². The third-order valence-corrected chi connectivity index (χ3v) is 5.31. The Hall–Kier alpha value is -1.62. The van der Waals surface area contributed by atoms with E-state index in [2.05, 4.69) is 51.7 Å². The Morgan fingerprint density at radius 2 is 2.14 bits per heavy atom. The second-order valence-electron chi connectivity index (χ2n) is 6.81. The molecule has 0 spiro atoms. The standard InChI is InChI=1S/C20H28N2/c1-6-8-13(3)17-9-14(4)19(11-21)18-10-16(7-2)22-12-20(18)15(17)5/h10,12-13,15,17H,6-9H2,1-5H3. The van der Waals surface area contributed by atoms with E-state index in [9.17, 15) is 5.26 Å². The van der Waals surface area contributed by atoms with E-state index in [1.165, 1.54) is 24.0 Å². The van der Waals surface area contributed by atoms with Gasteiger partial charge in [-0.1, -0.05) is 46.1 Å². The van der Waals surface area contributed by atoms with E-state index < -0.39 is 0 Å². The van der Waals surface area contributed by atoms with Gasteiger partial charge < -0.3 is 0 Å². The largest absolute Gasteiger partial charge is 0.261 e. The van der Waals surface area contributed by atoms with Crippen molar-refractivity contribution in [2.24, 2.45) is 11.8 Å². The summed E-state index contributed by atoms with van der Waals surface area (Å²) in [5.74, 6) is 1.72. The van der Waals surface area contributed by atoms with Crippen LogP contribution in [0.4, 0.5) is 0 Å². The smallest absolute Gasteiger partial charge is 0.0997 e. The molecule has 0 radical (unpaired) electrons. The molecule has 2 heteroatoms. The molecule has 118 valence electrons. The highest BCUT2D eigenvalue weighted by molar-refractivity contribution is 5.81. The predicted molar refractivity (Wildman–Crippen MR) is 92.4 cm³/mol. The summed E-state index contributed by atoms with van der Waals surface area (Å²) >= 11 is 0. The SMILES string of the molecule is CCCC(C)C1CC(C)=C(C#N)c2cc(CC)ncc2C1C. The van der Waals surface area contributed by atoms with Gasteiger partial charge in [-0.25, -0.2) is 0 Å². The van der Waals surface area contributed by atoms with E-state index in [-0.39, 0.29) is 0 Å². The van der Waals surface area contributed by atoms with Gasteiger partial charge >= 0.3 is 0 Å². The van der Waals surface area contributed by atoms with Gasteiger partial charge in [-0.3, -0.25) is 4.98 Å². The molecular formula is C20H28N2. The zero-order chi connectivity index (χ0) is 16.3. The molecule has 2 nitrogen and oxygen atoms in total. The third-order valence-electron chi connectivity index (χ3n) is 5.31. The number of allylic oxidation sites excluding steroid dienone is 2. The minimum Gasteiger partial charge on any atom is -0.261 e. The fourth-order valence-electron chi connectivity index (χ4n) is 3.89. The Balaban J connectivity index is 2.56. The minimum atomic E-state index is 0.454. The van der Waals surface area contributed by atoms with Crippen LogP contribution in [0.15, 0.2) is 17.8 Å². The number of aryl methyl sites for hydroxylation is 1. The maximum atomic E-state index is 9.68. The lowest BCUT2D eigenvalue weighted by molar-refractivity contribution is 0.291. The zero-order valence-electron chi connectivity index (χ0n) is 14.6. The Kier molecular flexibility index (Phi) is 5.40. The fourth-order valence-corrected chi connectivity index (χ4v) is 3.89. The van der Waals surface area contributed by atoms with Gasteiger partial charge in [0.1, 0.15) is 0 Å². The Morgan fingerprint density at radius 1 is 1.41 bits per heavy atom. The quantitative estimate of drug-likeness (QED) is 0.735. The van der Waals surface area contributed by atoms with Crippen LogP contribution >= 0.6 is 0 Å². The van der Waals surface area contributed by atoms with Gasteiger partial charge in [-0.05, 0) is 54.7 Å². The summed E-state index contributed by atoms with van der Waals surface area (Å²) in [5, 5.41) is 9.68. The number of hydrogen-bond donors (Lipinski definition) is 0. The first kappa shape index (κ1) is 16.7. The number of fused-ring (bicyclic) bond motifs is 1. The van der Waals surface area contributed by atoms with Crippen LogP contribution in [-0.4, -0.2) is 4.98 Å². The molecule has 1 heterocycles. The second-order valence-corrected chi connectivity index (χ2v) is 6.81. The van der Waals surface area contributed by atoms with Crippen molar-refractivity contribution in [2.75, 3.05) is 0 Å². The summed E-state index contributed by atoms with van der Waals surface area (Å²) in [6, 6.07) is 4.60. The van der Waals surface area contributed by atoms with Crippen LogP contribution in [0.25, 0.3) is 5.57 Å². The highest BCUT2D eigenvalue weighted by Crippen LogP contribution is 2.43. The molecular weight excluding hydrogens is 268 g/mol. The lowest BCUT2D eigenvalue weighted by Gasteiger charge is -2.29. The van der Waals surface area contributed by atoms with Crippen LogP contribution < -0.4 is 0 Å². The molecule has 3 unspecified atom stereocenters. The molecule has 0 saturated carbocycles. The Morgan fingerprint density at radius 3 is 2.73 bits per heavy atom. The summed E-state index contributed by atoms with van der Waals surface area (Å²) in [5.41, 5.74) is 5.59. The van der Waals surface area contributed by atoms with Crippen molar-refractivity contribution in [3.05, 3.63) is 34.7 Å². The third kappa shape index (κ3) is 3.09. The van der Waals surface area contributed by atoms with E-state index >= 15 is 0 Å². The normalized spacial score (nSPS) is 22.7. The first-order valence-electron chi connectivity index (χ1n) is 8.62. The lowest BCUT2D eigenvalue weighted by atomic mass is 9.76. The van der Waals surface area contributed by atoms with Gasteiger partial charge in [-0.2, -0.15) is 5.26 Å². The van der Waals surface area contributed by atoms with Gasteiger partial charge in [0.15, 0.2) is 0 Å². The van der Waals surface area contributed by atoms with Crippen molar-refractivity contribution in [1.29, 1.82) is 5.26 Å². The predicted octanol–water partition coefficient (Wildman–Crippen LogP) is 5.50. The maximum absolute atomic E-state index is 9.68. The summed E-state index contributed by atoms with van der Waals surface area (Å²) < 4.78 is 0. The average molecular weight is 296 g/mol. The molecule has 22 heavy (non-hydrogen) atoms. The van der Waals surface area contributed by atoms with Crippen LogP contribution in [0.5, 0.6) is 0 Å². The number of rotatable bonds is 4. The van der Waals surface area contributed by atoms with Crippen LogP contribution in [0.2, 0.25) is 0 Å². The van der Waals surface area contributed by atoms with Crippen LogP contribution in [0, 0.1) is 23.2 Å². The summed E-state index contributed by atoms with van der Waals surface area (Å²) in [4.78, 5) is 4.60. The van der Waals surface area contributed by atoms with E-state index in [4.69, 9.17) is 0 Å². The molecule has 3 atom stereocenters. The highest BCUT2D eigenvalue weighted by atomic mass is 14.7. The van der Waals surface area contributed by atoms with E-state index in [0.717, 1.165) is 29.7 Å². The number of nitriles is 1. The van der Waals surface area contributed by atoms with Crippen molar-refractivity contribution in [1.82, 2.24) is 4.98 Å². The molecule has 1 aromatic heterocycles. The van der Waals surface area contributed by atoms with Crippen LogP contribution in [-0.2, 0) is 6.42 Å². The average Bonchev–Trinajstić information content (AvgIpc) is 2.62. The zero-order valence-corrected chi connectivity index (χ0v) is 14.6. The van der Waals surface area contributed by atoms with E-state index in [0.29, 0.717) is 17.8 Å². The highest BCUT2D eigenvalue weighted by Gasteiger charge is 2.31. The van der Waals surface area contributed by atoms with Gasteiger partial charge in [0.05, 0.1) is 11.6 Å². The number of hydrogen-bond acceptors (Lipinski definition) is 2. The second kappa shape index (κ2) is 7.09. The molecule has 2 rings (SSSR count). The van der Waals surface area contributed by atoms with E-state index in [1.54, 1.807) is 0 Å². The Bertz CT molecular complexity index is 607. The van der Waals surface area contributed by atoms with Crippen molar-refractivity contribution in [3.8, 4) is 6.07 Å². The fraction of sp³-hybridized carbons (Fsp3) is 0.600. The minimum absolute atomic E-state index is 0.454. The topological polar surface area (TPSA) is 36.7 Å². The van der Waals surface area contributed by atoms with Crippen LogP contribution in [0.1, 0.15) is 76.6 Å². The molecule has 0 aliphatic heterocycles. The summed E-state index contributed by atoms with van der Waals surface area (Å²) in [6.07, 6.45) is 6.44. The number of pyridine rings is 1. The van der Waals surface area contributed by atoms with Gasteiger partial charge in [0.25, 0.3) is 0 Å². The molecule has 0 aromatic carbocycles. The van der Waals surface area contributed by atoms with Crippen molar-refractivity contribution >= 4 is 5.57 Å². The molecule has 0 N–H and O–H groups in total. The molecule has 0 fully saturated rings. The molecule has 1 aliphatic carbocycles. The van der Waals surface area contributed by atoms with Gasteiger partial charge in [-0.15, -0.1) is 0 Å². The van der Waals surface area contributed by atoms with Gasteiger partial charge in [0, 0.05) is 11.9 Å². The summed E-state index contributed by atoms with van der Waals surface area (Å²) in [7, 11) is 0. The summed E-state index contributed by atoms with van der Waals surface area (Å²) in [6.45, 7) is 11.2. The Labute approximate surface area is 135 Å². The van der Waals surface area contributed by atoms with Gasteiger partial charge in [0.2, 0.25) is 0 Å². The number of nitrogens with zero attached hydrogens (tertiary/aromatic N) is 2. The molecule has 0 amide bonds. The monoisotopic (exact) mass is 296 g/mol. The first-order valence-corrected chi connectivity index (χ1v) is 8.62. The number of aromatic nitrogens is 1. The first-order chi connectivity index (χ1) is 10.5. The van der Waals surface area contributed by atoms with E-state index in [1.807, 2.05) is 6.20 Å². The molecule has 0 bridgehead atoms. The maximum Gasteiger partial charge on any atom is 0.0997 e. The van der Waals surface area contributed by atoms with Crippen molar-refractivity contribution in [2.45, 2.75) is 66.2 Å². The van der Waals surface area contributed by atoms with Crippen molar-refractivity contribution in [3.63, 3.8) is 0 Å². The lowest BCUT2D eigenvalue weighted by Crippen LogP contribution is -2.18. The molecule has 1 aromatic rings.